The number of carbonyl (C=O) groups is 2. The molecule has 0 spiro atoms. The minimum Gasteiger partial charge on any atom is -0.308 e. The Morgan fingerprint density at radius 3 is 1.88 bits per heavy atom. The third-order valence-corrected chi connectivity index (χ3v) is 10.3. The number of amides is 2. The number of hydrogen-bond donors (Lipinski definition) is 0. The molecule has 9 rings (SSSR count). The summed E-state index contributed by atoms with van der Waals surface area (Å²) in [5, 5.41) is 21.3. The number of hydrogen-bond acceptors (Lipinski definition) is 4. The highest BCUT2D eigenvalue weighted by atomic mass is 16.2. The van der Waals surface area contributed by atoms with Gasteiger partial charge >= 0.3 is 0 Å². The smallest absolute Gasteiger partial charge is 0.268 e. The first-order chi connectivity index (χ1) is 27.4. The Bertz CT molecular complexity index is 3050. The summed E-state index contributed by atoms with van der Waals surface area (Å²) < 4.78 is 1.97. The Hall–Kier alpha value is -8.56. The second-order valence-corrected chi connectivity index (χ2v) is 13.2. The first kappa shape index (κ1) is 33.3. The molecule has 0 fully saturated rings. The molecule has 1 aliphatic rings. The van der Waals surface area contributed by atoms with Gasteiger partial charge in [-0.1, -0.05) is 97.1 Å². The van der Waals surface area contributed by atoms with Gasteiger partial charge in [-0.15, -0.1) is 0 Å². The molecule has 0 saturated heterocycles. The van der Waals surface area contributed by atoms with Crippen LogP contribution in [0, 0.1) is 35.8 Å². The van der Waals surface area contributed by atoms with Crippen molar-refractivity contribution in [1.29, 1.82) is 10.5 Å². The van der Waals surface area contributed by atoms with Crippen LogP contribution in [0.5, 0.6) is 0 Å². The molecule has 8 nitrogen and oxygen atoms in total. The lowest BCUT2D eigenvalue weighted by Crippen LogP contribution is -2.30. The van der Waals surface area contributed by atoms with E-state index < -0.39 is 11.8 Å². The van der Waals surface area contributed by atoms with Crippen LogP contribution >= 0.6 is 0 Å². The first-order valence-electron chi connectivity index (χ1n) is 17.5. The maximum atomic E-state index is 14.8. The van der Waals surface area contributed by atoms with Crippen molar-refractivity contribution >= 4 is 50.7 Å². The monoisotopic (exact) mass is 716 g/mol. The minimum atomic E-state index is -0.463. The van der Waals surface area contributed by atoms with Crippen LogP contribution in [-0.2, 0) is 0 Å². The largest absolute Gasteiger partial charge is 0.308 e. The van der Waals surface area contributed by atoms with Crippen LogP contribution in [0.3, 0.4) is 0 Å². The summed E-state index contributed by atoms with van der Waals surface area (Å²) in [6.45, 7) is 15.3. The van der Waals surface area contributed by atoms with Crippen molar-refractivity contribution in [3.63, 3.8) is 0 Å². The number of carbonyl (C=O) groups excluding carboxylic acids is 2. The van der Waals surface area contributed by atoms with Gasteiger partial charge in [0.05, 0.1) is 58.8 Å². The predicted octanol–water partition coefficient (Wildman–Crippen LogP) is 11.4. The van der Waals surface area contributed by atoms with Crippen LogP contribution in [0.4, 0.5) is 17.1 Å². The van der Waals surface area contributed by atoms with Gasteiger partial charge in [-0.25, -0.2) is 14.6 Å². The number of benzene rings is 7. The summed E-state index contributed by atoms with van der Waals surface area (Å²) in [4.78, 5) is 37.6. The topological polar surface area (TPSA) is 98.6 Å². The Labute approximate surface area is 321 Å². The molecule has 7 aromatic carbocycles. The molecule has 0 bridgehead atoms. The minimum absolute atomic E-state index is 0.245. The van der Waals surface area contributed by atoms with Gasteiger partial charge in [0.2, 0.25) is 0 Å². The second kappa shape index (κ2) is 13.1. The second-order valence-electron chi connectivity index (χ2n) is 13.2. The zero-order valence-electron chi connectivity index (χ0n) is 29.4. The van der Waals surface area contributed by atoms with E-state index in [-0.39, 0.29) is 11.1 Å². The van der Waals surface area contributed by atoms with Gasteiger partial charge in [0.1, 0.15) is 0 Å². The molecule has 8 heteroatoms. The van der Waals surface area contributed by atoms with Gasteiger partial charge in [0.25, 0.3) is 11.8 Å². The van der Waals surface area contributed by atoms with Crippen LogP contribution < -0.4 is 4.90 Å². The van der Waals surface area contributed by atoms with E-state index in [2.05, 4.69) is 21.8 Å². The van der Waals surface area contributed by atoms with Crippen molar-refractivity contribution in [2.45, 2.75) is 0 Å². The van der Waals surface area contributed by atoms with Crippen molar-refractivity contribution < 1.29 is 9.59 Å². The number of fused-ring (bicyclic) bond motifs is 4. The number of aromatic nitrogens is 1. The molecule has 1 aromatic heterocycles. The van der Waals surface area contributed by atoms with E-state index in [1.807, 2.05) is 95.6 Å². The Morgan fingerprint density at radius 1 is 0.518 bits per heavy atom. The van der Waals surface area contributed by atoms with Crippen LogP contribution in [-0.4, -0.2) is 16.4 Å². The van der Waals surface area contributed by atoms with Crippen molar-refractivity contribution in [2.75, 3.05) is 4.90 Å². The quantitative estimate of drug-likeness (QED) is 0.131. The van der Waals surface area contributed by atoms with Crippen LogP contribution in [0.15, 0.2) is 146 Å². The maximum absolute atomic E-state index is 14.8. The number of nitrogens with zero attached hydrogens (tertiary/aromatic N) is 6. The van der Waals surface area contributed by atoms with Gasteiger partial charge in [-0.3, -0.25) is 9.59 Å². The SMILES string of the molecule is [C-]#[N+]c1ccc(-c2ccc3c4ccc(-c5ccc(C#N)cc5[N+]#[C-])cc4n(-c4cccc5c4C(=O)N(c4ccccc4-c4ccccc4)C5=O)c3c2)c(C#N)c1. The van der Waals surface area contributed by atoms with Gasteiger partial charge < -0.3 is 4.57 Å². The van der Waals surface area contributed by atoms with Crippen molar-refractivity contribution in [3.8, 4) is 51.2 Å². The summed E-state index contributed by atoms with van der Waals surface area (Å²) in [7, 11) is 0. The van der Waals surface area contributed by atoms with Crippen LogP contribution in [0.1, 0.15) is 31.8 Å². The molecule has 2 heterocycles. The molecule has 0 unspecified atom stereocenters. The molecule has 0 atom stereocenters. The fraction of sp³-hybridized carbons (Fsp3) is 0. The fourth-order valence-electron chi connectivity index (χ4n) is 7.70. The van der Waals surface area contributed by atoms with Crippen molar-refractivity contribution in [2.24, 2.45) is 0 Å². The molecular formula is C48H24N6O2. The molecule has 1 aliphatic heterocycles. The maximum Gasteiger partial charge on any atom is 0.268 e. The molecule has 0 N–H and O–H groups in total. The number of anilines is 1. The van der Waals surface area contributed by atoms with Gasteiger partial charge in [-0.05, 0) is 76.3 Å². The average molecular weight is 717 g/mol. The highest BCUT2D eigenvalue weighted by molar-refractivity contribution is 6.36. The molecule has 8 aromatic rings. The Kier molecular flexibility index (Phi) is 7.81. The zero-order valence-corrected chi connectivity index (χ0v) is 29.4. The highest BCUT2D eigenvalue weighted by Crippen LogP contribution is 2.43. The molecular weight excluding hydrogens is 693 g/mol. The number of para-hydroxylation sites is 1. The Balaban J connectivity index is 1.31. The van der Waals surface area contributed by atoms with Gasteiger partial charge in [0.15, 0.2) is 11.4 Å². The molecule has 2 amide bonds. The molecule has 0 radical (unpaired) electrons. The lowest BCUT2D eigenvalue weighted by molar-refractivity contribution is 0.0926. The first-order valence-corrected chi connectivity index (χ1v) is 17.5. The summed E-state index contributed by atoms with van der Waals surface area (Å²) in [6, 6.07) is 48.3. The summed E-state index contributed by atoms with van der Waals surface area (Å²) in [5.74, 6) is -0.898. The normalized spacial score (nSPS) is 11.9. The number of imide groups is 1. The van der Waals surface area contributed by atoms with Gasteiger partial charge in [0, 0.05) is 27.5 Å². The zero-order chi connectivity index (χ0) is 38.5. The summed E-state index contributed by atoms with van der Waals surface area (Å²) in [5.41, 5.74) is 8.68. The van der Waals surface area contributed by atoms with E-state index in [0.717, 1.165) is 44.1 Å². The number of nitriles is 2. The molecule has 258 valence electrons. The average Bonchev–Trinajstić information content (AvgIpc) is 3.72. The van der Waals surface area contributed by atoms with Crippen LogP contribution in [0.2, 0.25) is 0 Å². The van der Waals surface area contributed by atoms with Crippen molar-refractivity contribution in [3.05, 3.63) is 191 Å². The molecule has 0 saturated carbocycles. The van der Waals surface area contributed by atoms with Crippen LogP contribution in [0.25, 0.3) is 70.6 Å². The summed E-state index contributed by atoms with van der Waals surface area (Å²) in [6.07, 6.45) is 0. The van der Waals surface area contributed by atoms with Gasteiger partial charge in [-0.2, -0.15) is 10.5 Å². The van der Waals surface area contributed by atoms with E-state index >= 15 is 0 Å². The predicted molar refractivity (Wildman–Crippen MR) is 217 cm³/mol. The molecule has 56 heavy (non-hydrogen) atoms. The highest BCUT2D eigenvalue weighted by Gasteiger charge is 2.40. The number of rotatable bonds is 5. The van der Waals surface area contributed by atoms with E-state index in [1.165, 1.54) is 4.90 Å². The Morgan fingerprint density at radius 2 is 1.18 bits per heavy atom. The van der Waals surface area contributed by atoms with E-state index in [9.17, 15) is 20.1 Å². The standard InChI is InChI=1S/C48H24N6O2/c1-51-34-18-22-35(33(24-34)28-50)31-16-20-38-39-21-17-32(36-19-15-29(27-49)23-41(36)52-2)26-45(39)53(44(38)25-31)43-14-8-12-40-46(43)48(56)54(47(40)55)42-13-7-6-11-37(42)30-9-4-3-5-10-30/h3-26H. The summed E-state index contributed by atoms with van der Waals surface area (Å²) >= 11 is 0. The van der Waals surface area contributed by atoms with Crippen molar-refractivity contribution in [1.82, 2.24) is 4.57 Å². The lowest BCUT2D eigenvalue weighted by Gasteiger charge is -2.19. The lowest BCUT2D eigenvalue weighted by atomic mass is 9.98. The third-order valence-electron chi connectivity index (χ3n) is 10.3. The van der Waals surface area contributed by atoms with E-state index in [4.69, 9.17) is 13.1 Å². The van der Waals surface area contributed by atoms with E-state index in [1.54, 1.807) is 54.6 Å². The molecule has 0 aliphatic carbocycles. The fourth-order valence-corrected chi connectivity index (χ4v) is 7.70. The third kappa shape index (κ3) is 5.12. The van der Waals surface area contributed by atoms with E-state index in [0.29, 0.717) is 45.0 Å².